The zero-order chi connectivity index (χ0) is 17.0. The number of nitrogens with one attached hydrogen (secondary N) is 1. The summed E-state index contributed by atoms with van der Waals surface area (Å²) in [7, 11) is 0. The van der Waals surface area contributed by atoms with Gasteiger partial charge in [0.15, 0.2) is 5.76 Å². The number of carbonyl (C=O) groups is 1. The molecule has 124 valence electrons. The Labute approximate surface area is 139 Å². The quantitative estimate of drug-likeness (QED) is 0.813. The van der Waals surface area contributed by atoms with Gasteiger partial charge in [-0.3, -0.25) is 4.79 Å². The van der Waals surface area contributed by atoms with Gasteiger partial charge < -0.3 is 19.6 Å². The van der Waals surface area contributed by atoms with Gasteiger partial charge in [-0.25, -0.2) is 0 Å². The third-order valence-electron chi connectivity index (χ3n) is 4.17. The lowest BCUT2D eigenvalue weighted by Crippen LogP contribution is -2.31. The van der Waals surface area contributed by atoms with Gasteiger partial charge in [0.1, 0.15) is 18.1 Å². The molecule has 1 aliphatic carbocycles. The Hall–Kier alpha value is -2.78. The van der Waals surface area contributed by atoms with Crippen molar-refractivity contribution in [2.75, 3.05) is 13.2 Å². The maximum absolute atomic E-state index is 12.0. The number of carbonyl (C=O) groups excluding carboxylic acids is 1. The fourth-order valence-corrected chi connectivity index (χ4v) is 2.28. The predicted molar refractivity (Wildman–Crippen MR) is 85.3 cm³/mol. The zero-order valence-corrected chi connectivity index (χ0v) is 13.1. The Kier molecular flexibility index (Phi) is 4.54. The molecule has 1 heterocycles. The topological polar surface area (TPSA) is 95.5 Å². The highest BCUT2D eigenvalue weighted by Crippen LogP contribution is 2.44. The van der Waals surface area contributed by atoms with Crippen LogP contribution in [0.4, 0.5) is 0 Å². The van der Waals surface area contributed by atoms with Crippen molar-refractivity contribution in [3.05, 3.63) is 53.5 Å². The number of aliphatic hydroxyl groups excluding tert-OH is 1. The number of furan rings is 1. The molecule has 0 radical (unpaired) electrons. The molecule has 3 rings (SSSR count). The molecule has 6 heteroatoms. The van der Waals surface area contributed by atoms with E-state index < -0.39 is 0 Å². The van der Waals surface area contributed by atoms with E-state index in [1.807, 2.05) is 6.07 Å². The van der Waals surface area contributed by atoms with E-state index in [4.69, 9.17) is 14.4 Å². The van der Waals surface area contributed by atoms with Crippen molar-refractivity contribution in [1.82, 2.24) is 5.32 Å². The van der Waals surface area contributed by atoms with Crippen LogP contribution in [0.2, 0.25) is 0 Å². The lowest BCUT2D eigenvalue weighted by molar-refractivity contribution is 0.0903. The second-order valence-electron chi connectivity index (χ2n) is 6.03. The van der Waals surface area contributed by atoms with Gasteiger partial charge in [0.05, 0.1) is 18.2 Å². The summed E-state index contributed by atoms with van der Waals surface area (Å²) in [6, 6.07) is 12.1. The molecule has 1 amide bonds. The predicted octanol–water partition coefficient (Wildman–Crippen LogP) is 2.23. The van der Waals surface area contributed by atoms with Crippen LogP contribution in [0.3, 0.4) is 0 Å². The van der Waals surface area contributed by atoms with Crippen molar-refractivity contribution in [2.24, 2.45) is 5.41 Å². The normalized spacial score (nSPS) is 14.7. The van der Waals surface area contributed by atoms with Crippen molar-refractivity contribution in [3.8, 4) is 11.8 Å². The number of amides is 1. The van der Waals surface area contributed by atoms with Crippen LogP contribution in [0, 0.1) is 16.7 Å². The number of nitrogens with zero attached hydrogens (tertiary/aromatic N) is 1. The number of rotatable bonds is 7. The average molecular weight is 326 g/mol. The molecule has 0 atom stereocenters. The second-order valence-corrected chi connectivity index (χ2v) is 6.03. The molecule has 2 N–H and O–H groups in total. The molecule has 1 aromatic carbocycles. The largest absolute Gasteiger partial charge is 0.486 e. The minimum atomic E-state index is -0.292. The number of benzene rings is 1. The molecular weight excluding hydrogens is 308 g/mol. The molecule has 1 saturated carbocycles. The van der Waals surface area contributed by atoms with Crippen molar-refractivity contribution in [2.45, 2.75) is 19.4 Å². The number of hydrogen-bond acceptors (Lipinski definition) is 5. The van der Waals surface area contributed by atoms with Gasteiger partial charge in [-0.1, -0.05) is 0 Å². The Balaban J connectivity index is 1.51. The van der Waals surface area contributed by atoms with E-state index in [2.05, 4.69) is 5.32 Å². The molecule has 24 heavy (non-hydrogen) atoms. The summed E-state index contributed by atoms with van der Waals surface area (Å²) in [5.74, 6) is 1.09. The smallest absolute Gasteiger partial charge is 0.287 e. The molecular formula is C18H18N2O4. The highest BCUT2D eigenvalue weighted by Gasteiger charge is 2.42. The van der Waals surface area contributed by atoms with E-state index in [1.54, 1.807) is 36.4 Å². The van der Waals surface area contributed by atoms with Gasteiger partial charge in [-0.15, -0.1) is 0 Å². The molecule has 1 aliphatic rings. The number of nitriles is 1. The highest BCUT2D eigenvalue weighted by molar-refractivity contribution is 5.91. The van der Waals surface area contributed by atoms with Gasteiger partial charge >= 0.3 is 0 Å². The van der Waals surface area contributed by atoms with E-state index in [1.165, 1.54) is 0 Å². The van der Waals surface area contributed by atoms with Crippen molar-refractivity contribution in [3.63, 3.8) is 0 Å². The minimum absolute atomic E-state index is 0.0924. The molecule has 0 saturated heterocycles. The monoisotopic (exact) mass is 326 g/mol. The van der Waals surface area contributed by atoms with Crippen molar-refractivity contribution in [1.29, 1.82) is 5.26 Å². The van der Waals surface area contributed by atoms with Gasteiger partial charge in [0.25, 0.3) is 5.91 Å². The summed E-state index contributed by atoms with van der Waals surface area (Å²) in [4.78, 5) is 12.0. The summed E-state index contributed by atoms with van der Waals surface area (Å²) in [6.45, 7) is 0.745. The molecule has 1 aromatic heterocycles. The van der Waals surface area contributed by atoms with Gasteiger partial charge in [0, 0.05) is 12.0 Å². The lowest BCUT2D eigenvalue weighted by atomic mass is 10.1. The van der Waals surface area contributed by atoms with Crippen LogP contribution in [-0.4, -0.2) is 24.2 Å². The van der Waals surface area contributed by atoms with Crippen molar-refractivity contribution >= 4 is 5.91 Å². The maximum Gasteiger partial charge on any atom is 0.287 e. The first kappa shape index (κ1) is 16.1. The third-order valence-corrected chi connectivity index (χ3v) is 4.17. The summed E-state index contributed by atoms with van der Waals surface area (Å²) in [6.07, 6.45) is 1.87. The summed E-state index contributed by atoms with van der Waals surface area (Å²) in [5, 5.41) is 20.8. The van der Waals surface area contributed by atoms with E-state index >= 15 is 0 Å². The maximum atomic E-state index is 12.0. The van der Waals surface area contributed by atoms with Crippen LogP contribution >= 0.6 is 0 Å². The third kappa shape index (κ3) is 3.76. The molecule has 0 spiro atoms. The zero-order valence-electron chi connectivity index (χ0n) is 13.1. The molecule has 1 fully saturated rings. The van der Waals surface area contributed by atoms with Crippen LogP contribution in [0.15, 0.2) is 40.8 Å². The first-order chi connectivity index (χ1) is 11.6. The van der Waals surface area contributed by atoms with Crippen LogP contribution < -0.4 is 10.1 Å². The molecule has 0 aliphatic heterocycles. The molecule has 2 aromatic rings. The number of ether oxygens (including phenoxy) is 1. The summed E-state index contributed by atoms with van der Waals surface area (Å²) >= 11 is 0. The van der Waals surface area contributed by atoms with E-state index in [0.29, 0.717) is 23.6 Å². The molecule has 0 unspecified atom stereocenters. The SMILES string of the molecule is N#Cc1ccc(OCc2ccc(C(=O)NCC3(CO)CC3)o2)cc1. The summed E-state index contributed by atoms with van der Waals surface area (Å²) in [5.41, 5.74) is 0.430. The lowest BCUT2D eigenvalue weighted by Gasteiger charge is -2.11. The highest BCUT2D eigenvalue weighted by atomic mass is 16.5. The number of hydrogen-bond donors (Lipinski definition) is 2. The fourth-order valence-electron chi connectivity index (χ4n) is 2.28. The van der Waals surface area contributed by atoms with Crippen LogP contribution in [0.25, 0.3) is 0 Å². The Bertz CT molecular complexity index is 754. The Morgan fingerprint density at radius 1 is 1.29 bits per heavy atom. The van der Waals surface area contributed by atoms with E-state index in [9.17, 15) is 9.90 Å². The van der Waals surface area contributed by atoms with E-state index in [0.717, 1.165) is 12.8 Å². The number of aliphatic hydroxyl groups is 1. The Morgan fingerprint density at radius 3 is 2.67 bits per heavy atom. The standard InChI is InChI=1S/C18H18N2O4/c19-9-13-1-3-14(4-2-13)23-10-15-5-6-16(24-15)17(22)20-11-18(12-21)7-8-18/h1-6,21H,7-8,10-12H2,(H,20,22). The molecule has 0 bridgehead atoms. The average Bonchev–Trinajstić information content (AvgIpc) is 3.26. The van der Waals surface area contributed by atoms with Crippen LogP contribution in [0.1, 0.15) is 34.7 Å². The second kappa shape index (κ2) is 6.77. The van der Waals surface area contributed by atoms with Crippen molar-refractivity contribution < 1.29 is 19.1 Å². The van der Waals surface area contributed by atoms with E-state index in [-0.39, 0.29) is 30.3 Å². The minimum Gasteiger partial charge on any atom is -0.486 e. The van der Waals surface area contributed by atoms with Gasteiger partial charge in [0.2, 0.25) is 0 Å². The van der Waals surface area contributed by atoms with Crippen LogP contribution in [0.5, 0.6) is 5.75 Å². The summed E-state index contributed by atoms with van der Waals surface area (Å²) < 4.78 is 11.0. The molecule has 6 nitrogen and oxygen atoms in total. The Morgan fingerprint density at radius 2 is 2.04 bits per heavy atom. The van der Waals surface area contributed by atoms with Crippen LogP contribution in [-0.2, 0) is 6.61 Å². The van der Waals surface area contributed by atoms with Gasteiger partial charge in [-0.05, 0) is 49.2 Å². The first-order valence-electron chi connectivity index (χ1n) is 7.75. The fraction of sp³-hybridized carbons (Fsp3) is 0.333. The van der Waals surface area contributed by atoms with Gasteiger partial charge in [-0.2, -0.15) is 5.26 Å². The first-order valence-corrected chi connectivity index (χ1v) is 7.75.